The van der Waals surface area contributed by atoms with Crippen molar-refractivity contribution in [3.05, 3.63) is 71.9 Å². The van der Waals surface area contributed by atoms with Crippen LogP contribution in [0.5, 0.6) is 0 Å². The Morgan fingerprint density at radius 3 is 2.44 bits per heavy atom. The molecule has 0 bridgehead atoms. The van der Waals surface area contributed by atoms with Gasteiger partial charge in [-0.1, -0.05) is 55.0 Å². The largest absolute Gasteiger partial charge is 0.361 e. The molecular weight excluding hydrogens is 398 g/mol. The molecule has 3 aromatic rings. The number of carbonyl (C=O) groups is 2. The molecule has 2 amide bonds. The average Bonchev–Trinajstić information content (AvgIpc) is 3.17. The molecule has 1 aromatic heterocycles. The number of nitrogens with one attached hydrogen (secondary N) is 1. The van der Waals surface area contributed by atoms with Crippen molar-refractivity contribution in [1.29, 1.82) is 0 Å². The zero-order valence-electron chi connectivity index (χ0n) is 19.1. The summed E-state index contributed by atoms with van der Waals surface area (Å²) in [6.45, 7) is 5.30. The molecule has 1 saturated carbocycles. The number of aromatic amines is 1. The molecule has 0 unspecified atom stereocenters. The van der Waals surface area contributed by atoms with E-state index in [1.165, 1.54) is 10.9 Å². The van der Waals surface area contributed by atoms with E-state index in [4.69, 9.17) is 0 Å². The van der Waals surface area contributed by atoms with Gasteiger partial charge in [-0.2, -0.15) is 0 Å². The van der Waals surface area contributed by atoms with Crippen molar-refractivity contribution >= 4 is 22.7 Å². The van der Waals surface area contributed by atoms with Crippen molar-refractivity contribution in [3.8, 4) is 0 Å². The molecule has 2 aromatic carbocycles. The van der Waals surface area contributed by atoms with Crippen LogP contribution in [0.25, 0.3) is 10.9 Å². The van der Waals surface area contributed by atoms with E-state index in [1.54, 1.807) is 4.90 Å². The van der Waals surface area contributed by atoms with Crippen LogP contribution >= 0.6 is 0 Å². The van der Waals surface area contributed by atoms with Gasteiger partial charge in [0, 0.05) is 42.1 Å². The Kier molecular flexibility index (Phi) is 6.93. The van der Waals surface area contributed by atoms with Crippen molar-refractivity contribution in [2.24, 2.45) is 5.92 Å². The molecule has 1 heterocycles. The van der Waals surface area contributed by atoms with E-state index in [9.17, 15) is 9.59 Å². The first-order chi connectivity index (χ1) is 15.5. The molecule has 5 nitrogen and oxygen atoms in total. The number of amides is 2. The highest BCUT2D eigenvalue weighted by Gasteiger charge is 2.32. The van der Waals surface area contributed by atoms with Crippen LogP contribution < -0.4 is 0 Å². The second-order valence-corrected chi connectivity index (χ2v) is 9.10. The van der Waals surface area contributed by atoms with Gasteiger partial charge in [-0.15, -0.1) is 0 Å². The molecule has 0 radical (unpaired) electrons. The summed E-state index contributed by atoms with van der Waals surface area (Å²) in [5, 5.41) is 1.20. The third-order valence-corrected chi connectivity index (χ3v) is 6.56. The van der Waals surface area contributed by atoms with Crippen molar-refractivity contribution in [1.82, 2.24) is 14.8 Å². The van der Waals surface area contributed by atoms with Gasteiger partial charge in [0.1, 0.15) is 0 Å². The van der Waals surface area contributed by atoms with E-state index < -0.39 is 0 Å². The fourth-order valence-corrected chi connectivity index (χ4v) is 4.34. The summed E-state index contributed by atoms with van der Waals surface area (Å²) in [4.78, 5) is 33.4. The highest BCUT2D eigenvalue weighted by molar-refractivity contribution is 5.87. The van der Waals surface area contributed by atoms with E-state index >= 15 is 0 Å². The molecule has 0 spiro atoms. The highest BCUT2D eigenvalue weighted by Crippen LogP contribution is 2.29. The molecular formula is C27H33N3O2. The third kappa shape index (κ3) is 5.04. The van der Waals surface area contributed by atoms with Crippen LogP contribution in [0.15, 0.2) is 60.8 Å². The first kappa shape index (κ1) is 22.1. The first-order valence-electron chi connectivity index (χ1n) is 11.7. The van der Waals surface area contributed by atoms with E-state index in [0.717, 1.165) is 36.8 Å². The molecule has 0 atom stereocenters. The Hall–Kier alpha value is -3.08. The van der Waals surface area contributed by atoms with Crippen LogP contribution in [0.4, 0.5) is 0 Å². The van der Waals surface area contributed by atoms with Gasteiger partial charge in [-0.3, -0.25) is 9.59 Å². The summed E-state index contributed by atoms with van der Waals surface area (Å²) in [6, 6.07) is 18.3. The number of aromatic nitrogens is 1. The summed E-state index contributed by atoms with van der Waals surface area (Å²) < 4.78 is 0. The smallest absolute Gasteiger partial charge is 0.242 e. The van der Waals surface area contributed by atoms with Crippen LogP contribution in [-0.4, -0.2) is 45.7 Å². The summed E-state index contributed by atoms with van der Waals surface area (Å²) >= 11 is 0. The lowest BCUT2D eigenvalue weighted by atomic mass is 9.84. The maximum Gasteiger partial charge on any atom is 0.242 e. The summed E-state index contributed by atoms with van der Waals surface area (Å²) in [5.74, 6) is 0.241. The summed E-state index contributed by atoms with van der Waals surface area (Å²) in [7, 11) is 0. The highest BCUT2D eigenvalue weighted by atomic mass is 16.2. The molecule has 0 saturated heterocycles. The lowest BCUT2D eigenvalue weighted by Crippen LogP contribution is -2.49. The molecule has 4 rings (SSSR count). The van der Waals surface area contributed by atoms with Crippen molar-refractivity contribution < 1.29 is 9.59 Å². The number of benzene rings is 2. The maximum atomic E-state index is 13.4. The fraction of sp³-hybridized carbons (Fsp3) is 0.407. The minimum Gasteiger partial charge on any atom is -0.361 e. The van der Waals surface area contributed by atoms with Gasteiger partial charge >= 0.3 is 0 Å². The van der Waals surface area contributed by atoms with Crippen LogP contribution in [0.3, 0.4) is 0 Å². The van der Waals surface area contributed by atoms with Gasteiger partial charge < -0.3 is 14.8 Å². The van der Waals surface area contributed by atoms with Gasteiger partial charge in [-0.25, -0.2) is 0 Å². The monoisotopic (exact) mass is 431 g/mol. The molecule has 1 N–H and O–H groups in total. The van der Waals surface area contributed by atoms with Crippen molar-refractivity contribution in [3.63, 3.8) is 0 Å². The second kappa shape index (κ2) is 10.0. The molecule has 0 aliphatic heterocycles. The van der Waals surface area contributed by atoms with Crippen LogP contribution in [0, 0.1) is 5.92 Å². The number of para-hydroxylation sites is 1. The second-order valence-electron chi connectivity index (χ2n) is 9.10. The molecule has 1 aliphatic carbocycles. The Bertz CT molecular complexity index is 1050. The van der Waals surface area contributed by atoms with Crippen LogP contribution in [-0.2, 0) is 22.6 Å². The third-order valence-electron chi connectivity index (χ3n) is 6.56. The quantitative estimate of drug-likeness (QED) is 0.530. The predicted octanol–water partition coefficient (Wildman–Crippen LogP) is 4.78. The number of carbonyl (C=O) groups excluding carboxylic acids is 2. The lowest BCUT2D eigenvalue weighted by molar-refractivity contribution is -0.146. The lowest BCUT2D eigenvalue weighted by Gasteiger charge is -2.35. The predicted molar refractivity (Wildman–Crippen MR) is 128 cm³/mol. The Morgan fingerprint density at radius 1 is 1.03 bits per heavy atom. The zero-order chi connectivity index (χ0) is 22.5. The SMILES string of the molecule is CC(C)N(CC(=O)N(CCc1c[nH]c2ccccc12)Cc1ccccc1)C(=O)C1CCC1. The summed E-state index contributed by atoms with van der Waals surface area (Å²) in [5.41, 5.74) is 3.42. The van der Waals surface area contributed by atoms with Gasteiger partial charge in [-0.05, 0) is 50.3 Å². The standard InChI is InChI=1S/C27H33N3O2/c1-20(2)30(27(32)22-11-8-12-22)19-26(31)29(18-21-9-4-3-5-10-21)16-15-23-17-28-25-14-7-6-13-24(23)25/h3-7,9-10,13-14,17,20,22,28H,8,11-12,15-16,18-19H2,1-2H3. The van der Waals surface area contributed by atoms with E-state index in [2.05, 4.69) is 17.1 Å². The van der Waals surface area contributed by atoms with E-state index in [0.29, 0.717) is 13.1 Å². The molecule has 1 aliphatic rings. The van der Waals surface area contributed by atoms with Gasteiger partial charge in [0.2, 0.25) is 11.8 Å². The van der Waals surface area contributed by atoms with E-state index in [1.807, 2.05) is 67.4 Å². The first-order valence-corrected chi connectivity index (χ1v) is 11.7. The van der Waals surface area contributed by atoms with Crippen molar-refractivity contribution in [2.45, 2.75) is 52.1 Å². The van der Waals surface area contributed by atoms with Gasteiger partial charge in [0.25, 0.3) is 0 Å². The normalized spacial score (nSPS) is 13.8. The average molecular weight is 432 g/mol. The number of nitrogens with zero attached hydrogens (tertiary/aromatic N) is 2. The topological polar surface area (TPSA) is 56.4 Å². The number of rotatable bonds is 9. The Balaban J connectivity index is 1.49. The Labute approximate surface area is 190 Å². The summed E-state index contributed by atoms with van der Waals surface area (Å²) in [6.07, 6.45) is 5.81. The minimum atomic E-state index is 0.00932. The number of hydrogen-bond donors (Lipinski definition) is 1. The van der Waals surface area contributed by atoms with Gasteiger partial charge in [0.05, 0.1) is 6.54 Å². The Morgan fingerprint density at radius 2 is 1.75 bits per heavy atom. The van der Waals surface area contributed by atoms with Crippen LogP contribution in [0.2, 0.25) is 0 Å². The van der Waals surface area contributed by atoms with Crippen LogP contribution in [0.1, 0.15) is 44.2 Å². The fourth-order valence-electron chi connectivity index (χ4n) is 4.34. The number of fused-ring (bicyclic) bond motifs is 1. The molecule has 1 fully saturated rings. The zero-order valence-corrected chi connectivity index (χ0v) is 19.1. The molecule has 5 heteroatoms. The molecule has 168 valence electrons. The molecule has 32 heavy (non-hydrogen) atoms. The van der Waals surface area contributed by atoms with Gasteiger partial charge in [0.15, 0.2) is 0 Å². The number of H-pyrrole nitrogens is 1. The van der Waals surface area contributed by atoms with E-state index in [-0.39, 0.29) is 30.3 Å². The van der Waals surface area contributed by atoms with Crippen molar-refractivity contribution in [2.75, 3.05) is 13.1 Å². The minimum absolute atomic E-state index is 0.00932. The maximum absolute atomic E-state index is 13.4. The number of hydrogen-bond acceptors (Lipinski definition) is 2.